The van der Waals surface area contributed by atoms with Crippen molar-refractivity contribution in [3.05, 3.63) is 179 Å². The van der Waals surface area contributed by atoms with Gasteiger partial charge in [-0.2, -0.15) is 0 Å². The molecule has 2 aliphatic heterocycles. The molecule has 2 N–H and O–H groups in total. The molecule has 0 amide bonds. The van der Waals surface area contributed by atoms with Crippen LogP contribution in [0.25, 0.3) is 55.2 Å². The van der Waals surface area contributed by atoms with Crippen LogP contribution >= 0.6 is 0 Å². The van der Waals surface area contributed by atoms with Crippen molar-refractivity contribution in [3.8, 4) is 22.3 Å². The van der Waals surface area contributed by atoms with Crippen molar-refractivity contribution in [1.82, 2.24) is 10.6 Å². The Hall–Kier alpha value is -5.60. The molecule has 0 saturated carbocycles. The Balaban J connectivity index is 1.23. The molecule has 2 heteroatoms. The van der Waals surface area contributed by atoms with E-state index >= 15 is 0 Å². The molecule has 2 aliphatic carbocycles. The van der Waals surface area contributed by atoms with Gasteiger partial charge in [0.1, 0.15) is 0 Å². The van der Waals surface area contributed by atoms with Crippen LogP contribution in [0.15, 0.2) is 157 Å². The van der Waals surface area contributed by atoms with Gasteiger partial charge >= 0.3 is 0 Å². The van der Waals surface area contributed by atoms with E-state index in [1.807, 2.05) is 0 Å². The lowest BCUT2D eigenvalue weighted by Crippen LogP contribution is -2.30. The minimum Gasteiger partial charge on any atom is -0.381 e. The smallest absolute Gasteiger partial charge is 0.0755 e. The number of nitrogens with one attached hydrogen (secondary N) is 2. The van der Waals surface area contributed by atoms with Crippen LogP contribution in [-0.4, -0.2) is 13.1 Å². The van der Waals surface area contributed by atoms with Crippen molar-refractivity contribution in [3.63, 3.8) is 0 Å². The third kappa shape index (κ3) is 3.29. The van der Waals surface area contributed by atoms with Gasteiger partial charge in [0.05, 0.1) is 5.41 Å². The number of dihydropyridines is 2. The minimum absolute atomic E-state index is 0.363. The van der Waals surface area contributed by atoms with Crippen LogP contribution in [0.5, 0.6) is 0 Å². The first-order valence-corrected chi connectivity index (χ1v) is 15.9. The summed E-state index contributed by atoms with van der Waals surface area (Å²) in [5.74, 6) is 0. The normalized spacial score (nSPS) is 19.0. The second-order valence-corrected chi connectivity index (χ2v) is 12.5. The average molecular weight is 575 g/mol. The Morgan fingerprint density at radius 2 is 1.11 bits per heavy atom. The Morgan fingerprint density at radius 3 is 1.91 bits per heavy atom. The fraction of sp³-hybridized carbons (Fsp3) is 0.0698. The highest BCUT2D eigenvalue weighted by Gasteiger charge is 2.53. The Kier molecular flexibility index (Phi) is 5.07. The summed E-state index contributed by atoms with van der Waals surface area (Å²) in [5.41, 5.74) is 15.2. The lowest BCUT2D eigenvalue weighted by atomic mass is 9.68. The highest BCUT2D eigenvalue weighted by Crippen LogP contribution is 2.61. The summed E-state index contributed by atoms with van der Waals surface area (Å²) in [4.78, 5) is 0. The summed E-state index contributed by atoms with van der Waals surface area (Å²) in [6, 6.07) is 45.1. The summed E-state index contributed by atoms with van der Waals surface area (Å²) < 4.78 is 0. The first kappa shape index (κ1) is 24.8. The average Bonchev–Trinajstić information content (AvgIpc) is 3.58. The summed E-state index contributed by atoms with van der Waals surface area (Å²) in [6.45, 7) is 1.70. The summed E-state index contributed by atoms with van der Waals surface area (Å²) >= 11 is 0. The van der Waals surface area contributed by atoms with Crippen molar-refractivity contribution in [2.75, 3.05) is 13.1 Å². The lowest BCUT2D eigenvalue weighted by Gasteiger charge is -2.33. The van der Waals surface area contributed by atoms with Gasteiger partial charge in [0.2, 0.25) is 0 Å². The third-order valence-electron chi connectivity index (χ3n) is 10.3. The Morgan fingerprint density at radius 1 is 0.444 bits per heavy atom. The van der Waals surface area contributed by atoms with Gasteiger partial charge in [-0.05, 0) is 84.3 Å². The molecule has 0 bridgehead atoms. The predicted octanol–water partition coefficient (Wildman–Crippen LogP) is 9.38. The molecule has 212 valence electrons. The standard InChI is InChI=1S/C43H30N2/c1-2-10-27(11-3-1)28-18-19-29-25-36(32-13-5-4-12-31(32)35(29)24-28)30-20-21-34-40(26-30)43(39-17-9-23-45-42(34)39)37-15-7-6-14-33(37)41-38(43)16-8-22-44-41/h1-21,24-26,44-45H,22-23H2. The maximum atomic E-state index is 3.77. The highest BCUT2D eigenvalue weighted by molar-refractivity contribution is 6.15. The van der Waals surface area contributed by atoms with Gasteiger partial charge in [-0.25, -0.2) is 0 Å². The Labute approximate surface area is 262 Å². The zero-order valence-electron chi connectivity index (χ0n) is 24.8. The number of allylic oxidation sites excluding steroid dienone is 4. The van der Waals surface area contributed by atoms with E-state index < -0.39 is 0 Å². The first-order valence-electron chi connectivity index (χ1n) is 15.9. The van der Waals surface area contributed by atoms with Gasteiger partial charge in [0, 0.05) is 35.6 Å². The number of fused-ring (bicyclic) bond motifs is 11. The van der Waals surface area contributed by atoms with E-state index in [0.717, 1.165) is 13.1 Å². The molecule has 0 radical (unpaired) electrons. The van der Waals surface area contributed by atoms with Crippen molar-refractivity contribution in [2.45, 2.75) is 5.41 Å². The van der Waals surface area contributed by atoms with E-state index in [1.54, 1.807) is 0 Å². The molecule has 45 heavy (non-hydrogen) atoms. The molecule has 4 aliphatic rings. The van der Waals surface area contributed by atoms with Crippen LogP contribution in [-0.2, 0) is 5.41 Å². The molecule has 1 spiro atoms. The van der Waals surface area contributed by atoms with Crippen LogP contribution < -0.4 is 10.6 Å². The van der Waals surface area contributed by atoms with Crippen molar-refractivity contribution < 1.29 is 0 Å². The largest absolute Gasteiger partial charge is 0.381 e. The molecular formula is C43H30N2. The van der Waals surface area contributed by atoms with Crippen LogP contribution in [0.2, 0.25) is 0 Å². The molecule has 0 fully saturated rings. The van der Waals surface area contributed by atoms with Gasteiger partial charge in [-0.1, -0.05) is 127 Å². The molecule has 6 aromatic rings. The van der Waals surface area contributed by atoms with Crippen LogP contribution in [0, 0.1) is 0 Å². The molecular weight excluding hydrogens is 544 g/mol. The van der Waals surface area contributed by atoms with Crippen LogP contribution in [0.3, 0.4) is 0 Å². The number of rotatable bonds is 2. The van der Waals surface area contributed by atoms with Gasteiger partial charge < -0.3 is 10.6 Å². The Bertz CT molecular complexity index is 2360. The van der Waals surface area contributed by atoms with E-state index in [2.05, 4.69) is 156 Å². The maximum absolute atomic E-state index is 3.77. The monoisotopic (exact) mass is 574 g/mol. The van der Waals surface area contributed by atoms with Gasteiger partial charge in [0.15, 0.2) is 0 Å². The van der Waals surface area contributed by atoms with Crippen LogP contribution in [0.4, 0.5) is 0 Å². The zero-order valence-corrected chi connectivity index (χ0v) is 24.8. The second kappa shape index (κ2) is 9.20. The van der Waals surface area contributed by atoms with E-state index in [4.69, 9.17) is 0 Å². The maximum Gasteiger partial charge on any atom is 0.0755 e. The molecule has 2 heterocycles. The van der Waals surface area contributed by atoms with Gasteiger partial charge in [-0.15, -0.1) is 0 Å². The molecule has 0 aromatic heterocycles. The van der Waals surface area contributed by atoms with Crippen LogP contribution in [0.1, 0.15) is 22.3 Å². The lowest BCUT2D eigenvalue weighted by molar-refractivity contribution is 0.765. The van der Waals surface area contributed by atoms with Crippen molar-refractivity contribution >= 4 is 32.9 Å². The number of hydrogen-bond donors (Lipinski definition) is 2. The minimum atomic E-state index is -0.363. The van der Waals surface area contributed by atoms with Crippen molar-refractivity contribution in [2.24, 2.45) is 0 Å². The first-order chi connectivity index (χ1) is 22.3. The summed E-state index contributed by atoms with van der Waals surface area (Å²) in [5, 5.41) is 12.6. The molecule has 1 unspecified atom stereocenters. The second-order valence-electron chi connectivity index (χ2n) is 12.5. The molecule has 6 aromatic carbocycles. The van der Waals surface area contributed by atoms with Gasteiger partial charge in [-0.3, -0.25) is 0 Å². The van der Waals surface area contributed by atoms with E-state index in [0.29, 0.717) is 0 Å². The van der Waals surface area contributed by atoms with Crippen molar-refractivity contribution in [1.29, 1.82) is 0 Å². The van der Waals surface area contributed by atoms with E-state index in [1.165, 1.54) is 88.6 Å². The highest BCUT2D eigenvalue weighted by atomic mass is 14.9. The fourth-order valence-electron chi connectivity index (χ4n) is 8.43. The SMILES string of the molecule is C1=CC2=C(NC1)c1ccccc1C21C2=C(NCC=C2)c2ccc(-c3cc4ccc(-c5ccccc5)cc4c4ccccc34)cc21. The quantitative estimate of drug-likeness (QED) is 0.201. The van der Waals surface area contributed by atoms with Gasteiger partial charge in [0.25, 0.3) is 0 Å². The van der Waals surface area contributed by atoms with E-state index in [9.17, 15) is 0 Å². The molecule has 0 saturated heterocycles. The fourth-order valence-corrected chi connectivity index (χ4v) is 8.43. The molecule has 10 rings (SSSR count). The molecule has 1 atom stereocenters. The number of hydrogen-bond acceptors (Lipinski definition) is 2. The number of benzene rings is 6. The third-order valence-corrected chi connectivity index (χ3v) is 10.3. The predicted molar refractivity (Wildman–Crippen MR) is 188 cm³/mol. The zero-order chi connectivity index (χ0) is 29.5. The summed E-state index contributed by atoms with van der Waals surface area (Å²) in [7, 11) is 0. The van der Waals surface area contributed by atoms with E-state index in [-0.39, 0.29) is 5.41 Å². The molecule has 2 nitrogen and oxygen atoms in total. The topological polar surface area (TPSA) is 24.1 Å². The summed E-state index contributed by atoms with van der Waals surface area (Å²) in [6.07, 6.45) is 9.29.